The highest BCUT2D eigenvalue weighted by Crippen LogP contribution is 2.29. The first-order chi connectivity index (χ1) is 11.3. The molecule has 2 amide bonds. The monoisotopic (exact) mass is 340 g/mol. The Morgan fingerprint density at radius 3 is 2.46 bits per heavy atom. The highest BCUT2D eigenvalue weighted by atomic mass is 19.1. The summed E-state index contributed by atoms with van der Waals surface area (Å²) in [5.41, 5.74) is 0.158. The van der Waals surface area contributed by atoms with Gasteiger partial charge in [-0.25, -0.2) is 8.78 Å². The fourth-order valence-corrected chi connectivity index (χ4v) is 2.47. The first kappa shape index (κ1) is 18.3. The molecular formula is C17H22F2N2O3. The third kappa shape index (κ3) is 4.50. The van der Waals surface area contributed by atoms with Crippen molar-refractivity contribution in [2.24, 2.45) is 5.92 Å². The maximum Gasteiger partial charge on any atom is 0.245 e. The van der Waals surface area contributed by atoms with Gasteiger partial charge in [-0.2, -0.15) is 0 Å². The predicted octanol–water partition coefficient (Wildman–Crippen LogP) is 1.81. The van der Waals surface area contributed by atoms with E-state index in [1.54, 1.807) is 6.92 Å². The van der Waals surface area contributed by atoms with Gasteiger partial charge in [0.15, 0.2) is 0 Å². The molecule has 1 saturated carbocycles. The van der Waals surface area contributed by atoms with Gasteiger partial charge in [0.2, 0.25) is 11.8 Å². The van der Waals surface area contributed by atoms with Gasteiger partial charge in [0, 0.05) is 17.5 Å². The summed E-state index contributed by atoms with van der Waals surface area (Å²) >= 11 is 0. The van der Waals surface area contributed by atoms with Crippen LogP contribution < -0.4 is 10.6 Å². The Labute approximate surface area is 139 Å². The van der Waals surface area contributed by atoms with E-state index in [1.165, 1.54) is 13.0 Å². The molecule has 0 bridgehead atoms. The zero-order valence-corrected chi connectivity index (χ0v) is 13.7. The normalized spacial score (nSPS) is 17.7. The lowest BCUT2D eigenvalue weighted by Gasteiger charge is -2.25. The van der Waals surface area contributed by atoms with Crippen LogP contribution in [0.3, 0.4) is 0 Å². The Balaban J connectivity index is 2.09. The molecule has 1 aromatic rings. The molecule has 0 saturated heterocycles. The van der Waals surface area contributed by atoms with E-state index >= 15 is 0 Å². The van der Waals surface area contributed by atoms with Gasteiger partial charge in [0.25, 0.3) is 0 Å². The molecule has 0 spiro atoms. The van der Waals surface area contributed by atoms with Gasteiger partial charge in [-0.05, 0) is 32.3 Å². The summed E-state index contributed by atoms with van der Waals surface area (Å²) in [5, 5.41) is 14.9. The van der Waals surface area contributed by atoms with Crippen molar-refractivity contribution < 1.29 is 23.5 Å². The van der Waals surface area contributed by atoms with E-state index in [1.807, 2.05) is 0 Å². The van der Waals surface area contributed by atoms with Crippen molar-refractivity contribution in [2.45, 2.75) is 51.3 Å². The summed E-state index contributed by atoms with van der Waals surface area (Å²) in [6, 6.07) is 1.35. The van der Waals surface area contributed by atoms with E-state index in [4.69, 9.17) is 0 Å². The highest BCUT2D eigenvalue weighted by molar-refractivity contribution is 5.90. The van der Waals surface area contributed by atoms with E-state index in [9.17, 15) is 23.5 Å². The third-order valence-electron chi connectivity index (χ3n) is 4.07. The van der Waals surface area contributed by atoms with Gasteiger partial charge in [0.1, 0.15) is 17.7 Å². The molecular weight excluding hydrogens is 318 g/mol. The molecule has 1 aromatic carbocycles. The number of hydrogen-bond acceptors (Lipinski definition) is 3. The molecule has 0 aromatic heterocycles. The summed E-state index contributed by atoms with van der Waals surface area (Å²) < 4.78 is 26.9. The summed E-state index contributed by atoms with van der Waals surface area (Å²) in [6.07, 6.45) is 0.831. The van der Waals surface area contributed by atoms with Crippen molar-refractivity contribution >= 4 is 11.8 Å². The molecule has 0 aliphatic heterocycles. The van der Waals surface area contributed by atoms with Crippen LogP contribution >= 0.6 is 0 Å². The number of rotatable bonds is 7. The Morgan fingerprint density at radius 2 is 1.96 bits per heavy atom. The molecule has 2 rings (SSSR count). The number of benzene rings is 1. The number of carbonyl (C=O) groups excluding carboxylic acids is 2. The van der Waals surface area contributed by atoms with Gasteiger partial charge in [0.05, 0.1) is 12.1 Å². The van der Waals surface area contributed by atoms with Crippen molar-refractivity contribution in [1.82, 2.24) is 10.6 Å². The first-order valence-corrected chi connectivity index (χ1v) is 8.07. The van der Waals surface area contributed by atoms with Gasteiger partial charge in [-0.1, -0.05) is 13.0 Å². The molecule has 7 heteroatoms. The summed E-state index contributed by atoms with van der Waals surface area (Å²) in [7, 11) is 0. The zero-order chi connectivity index (χ0) is 17.9. The van der Waals surface area contributed by atoms with Crippen LogP contribution in [0.1, 0.15) is 44.7 Å². The van der Waals surface area contributed by atoms with Crippen molar-refractivity contribution in [1.29, 1.82) is 0 Å². The Bertz CT molecular complexity index is 618. The van der Waals surface area contributed by atoms with Crippen LogP contribution in [0, 0.1) is 17.6 Å². The fourth-order valence-electron chi connectivity index (χ4n) is 2.47. The van der Waals surface area contributed by atoms with Gasteiger partial charge < -0.3 is 15.7 Å². The lowest BCUT2D eigenvalue weighted by Crippen LogP contribution is -2.53. The average Bonchev–Trinajstić information content (AvgIpc) is 3.34. The maximum absolute atomic E-state index is 13.9. The van der Waals surface area contributed by atoms with E-state index < -0.39 is 35.7 Å². The van der Waals surface area contributed by atoms with E-state index in [0.717, 1.165) is 25.0 Å². The summed E-state index contributed by atoms with van der Waals surface area (Å²) in [5.74, 6) is -2.42. The lowest BCUT2D eigenvalue weighted by molar-refractivity contribution is -0.132. The SMILES string of the molecule is CCC(NC(=O)C(NC(=O)C1CC1)C(C)O)c1ccc(F)cc1F. The molecule has 5 nitrogen and oxygen atoms in total. The largest absolute Gasteiger partial charge is 0.391 e. The average molecular weight is 340 g/mol. The van der Waals surface area contributed by atoms with Crippen molar-refractivity contribution in [3.05, 3.63) is 35.4 Å². The number of amides is 2. The number of carbonyl (C=O) groups is 2. The minimum atomic E-state index is -1.12. The van der Waals surface area contributed by atoms with E-state index in [-0.39, 0.29) is 17.4 Å². The Kier molecular flexibility index (Phi) is 5.88. The maximum atomic E-state index is 13.9. The number of aliphatic hydroxyl groups is 1. The quantitative estimate of drug-likeness (QED) is 0.708. The van der Waals surface area contributed by atoms with Gasteiger partial charge >= 0.3 is 0 Å². The molecule has 3 N–H and O–H groups in total. The molecule has 1 aliphatic rings. The van der Waals surface area contributed by atoms with Gasteiger partial charge in [-0.3, -0.25) is 9.59 Å². The minimum absolute atomic E-state index is 0.101. The summed E-state index contributed by atoms with van der Waals surface area (Å²) in [6.45, 7) is 3.14. The second kappa shape index (κ2) is 7.70. The van der Waals surface area contributed by atoms with Crippen LogP contribution in [-0.4, -0.2) is 29.1 Å². The molecule has 24 heavy (non-hydrogen) atoms. The molecule has 3 unspecified atom stereocenters. The third-order valence-corrected chi connectivity index (χ3v) is 4.07. The highest BCUT2D eigenvalue weighted by Gasteiger charge is 2.34. The molecule has 0 heterocycles. The number of aliphatic hydroxyl groups excluding tert-OH is 1. The van der Waals surface area contributed by atoms with Crippen molar-refractivity contribution in [2.75, 3.05) is 0 Å². The van der Waals surface area contributed by atoms with Crippen LogP contribution in [-0.2, 0) is 9.59 Å². The molecule has 0 radical (unpaired) electrons. The second-order valence-corrected chi connectivity index (χ2v) is 6.14. The molecule has 132 valence electrons. The number of hydrogen-bond donors (Lipinski definition) is 3. The number of halogens is 2. The number of nitrogens with one attached hydrogen (secondary N) is 2. The van der Waals surface area contributed by atoms with Crippen LogP contribution in [0.5, 0.6) is 0 Å². The van der Waals surface area contributed by atoms with Crippen LogP contribution in [0.25, 0.3) is 0 Å². The van der Waals surface area contributed by atoms with E-state index in [0.29, 0.717) is 6.42 Å². The van der Waals surface area contributed by atoms with Crippen molar-refractivity contribution in [3.63, 3.8) is 0 Å². The van der Waals surface area contributed by atoms with Crippen LogP contribution in [0.2, 0.25) is 0 Å². The van der Waals surface area contributed by atoms with Crippen LogP contribution in [0.4, 0.5) is 8.78 Å². The first-order valence-electron chi connectivity index (χ1n) is 8.07. The Morgan fingerprint density at radius 1 is 1.29 bits per heavy atom. The topological polar surface area (TPSA) is 78.4 Å². The van der Waals surface area contributed by atoms with Gasteiger partial charge in [-0.15, -0.1) is 0 Å². The second-order valence-electron chi connectivity index (χ2n) is 6.14. The smallest absolute Gasteiger partial charge is 0.245 e. The lowest BCUT2D eigenvalue weighted by atomic mass is 10.0. The zero-order valence-electron chi connectivity index (χ0n) is 13.7. The molecule has 1 fully saturated rings. The Hall–Kier alpha value is -2.02. The van der Waals surface area contributed by atoms with E-state index in [2.05, 4.69) is 10.6 Å². The standard InChI is InChI=1S/C17H22F2N2O3/c1-3-14(12-7-6-11(18)8-13(12)19)20-17(24)15(9(2)22)21-16(23)10-4-5-10/h6-10,14-15,22H,3-5H2,1-2H3,(H,20,24)(H,21,23). The minimum Gasteiger partial charge on any atom is -0.391 e. The van der Waals surface area contributed by atoms with Crippen molar-refractivity contribution in [3.8, 4) is 0 Å². The van der Waals surface area contributed by atoms with Crippen LogP contribution in [0.15, 0.2) is 18.2 Å². The molecule has 1 aliphatic carbocycles. The summed E-state index contributed by atoms with van der Waals surface area (Å²) in [4.78, 5) is 24.2. The fraction of sp³-hybridized carbons (Fsp3) is 0.529. The molecule has 3 atom stereocenters. The predicted molar refractivity (Wildman–Crippen MR) is 83.9 cm³/mol.